The number of aromatic nitrogens is 2. The van der Waals surface area contributed by atoms with E-state index in [9.17, 15) is 13.5 Å². The standard InChI is InChI=1S/C16H23N3O3S/c1-4-14(20)11-19(13-8-6-5-7-9-13)23(21,22)15-10-17-16(18-15)12(2)3/h5-10,12,14,20H,4,11H2,1-3H3,(H,17,18). The van der Waals surface area contributed by atoms with Crippen molar-refractivity contribution in [3.63, 3.8) is 0 Å². The van der Waals surface area contributed by atoms with Crippen LogP contribution in [0.4, 0.5) is 5.69 Å². The number of hydrogen-bond acceptors (Lipinski definition) is 4. The number of rotatable bonds is 7. The first kappa shape index (κ1) is 17.5. The molecular weight excluding hydrogens is 314 g/mol. The van der Waals surface area contributed by atoms with Crippen molar-refractivity contribution in [1.82, 2.24) is 9.97 Å². The van der Waals surface area contributed by atoms with E-state index in [-0.39, 0.29) is 17.5 Å². The lowest BCUT2D eigenvalue weighted by Gasteiger charge is -2.25. The zero-order chi connectivity index (χ0) is 17.0. The van der Waals surface area contributed by atoms with Gasteiger partial charge in [0, 0.05) is 5.92 Å². The Bertz CT molecular complexity index is 726. The van der Waals surface area contributed by atoms with Crippen LogP contribution in [0.2, 0.25) is 0 Å². The van der Waals surface area contributed by atoms with Gasteiger partial charge in [0.05, 0.1) is 24.5 Å². The Hall–Kier alpha value is -1.86. The summed E-state index contributed by atoms with van der Waals surface area (Å²) < 4.78 is 27.1. The molecule has 126 valence electrons. The number of para-hydroxylation sites is 1. The summed E-state index contributed by atoms with van der Waals surface area (Å²) in [5.74, 6) is 0.720. The molecule has 0 aliphatic heterocycles. The van der Waals surface area contributed by atoms with Crippen LogP contribution in [-0.2, 0) is 10.0 Å². The second-order valence-corrected chi connectivity index (χ2v) is 7.55. The van der Waals surface area contributed by atoms with Gasteiger partial charge in [0.15, 0.2) is 5.03 Å². The van der Waals surface area contributed by atoms with Crippen molar-refractivity contribution >= 4 is 15.7 Å². The van der Waals surface area contributed by atoms with Crippen LogP contribution in [0.15, 0.2) is 41.6 Å². The fourth-order valence-corrected chi connectivity index (χ4v) is 3.54. The lowest BCUT2D eigenvalue weighted by molar-refractivity contribution is 0.179. The molecule has 0 saturated heterocycles. The molecule has 7 heteroatoms. The highest BCUT2D eigenvalue weighted by Gasteiger charge is 2.28. The Morgan fingerprint density at radius 3 is 2.43 bits per heavy atom. The fraction of sp³-hybridized carbons (Fsp3) is 0.438. The number of sulfonamides is 1. The van der Waals surface area contributed by atoms with Gasteiger partial charge in [0.2, 0.25) is 0 Å². The Balaban J connectivity index is 2.43. The number of aliphatic hydroxyl groups is 1. The predicted molar refractivity (Wildman–Crippen MR) is 89.9 cm³/mol. The molecule has 1 aromatic heterocycles. The van der Waals surface area contributed by atoms with Crippen molar-refractivity contribution in [3.05, 3.63) is 42.4 Å². The van der Waals surface area contributed by atoms with Crippen LogP contribution in [0.3, 0.4) is 0 Å². The summed E-state index contributed by atoms with van der Waals surface area (Å²) in [5.41, 5.74) is 0.515. The first-order chi connectivity index (χ1) is 10.9. The monoisotopic (exact) mass is 337 g/mol. The summed E-state index contributed by atoms with van der Waals surface area (Å²) in [7, 11) is -3.82. The van der Waals surface area contributed by atoms with Crippen LogP contribution < -0.4 is 4.31 Å². The zero-order valence-electron chi connectivity index (χ0n) is 13.6. The zero-order valence-corrected chi connectivity index (χ0v) is 14.4. The number of imidazole rings is 1. The van der Waals surface area contributed by atoms with E-state index in [0.29, 0.717) is 17.9 Å². The largest absolute Gasteiger partial charge is 0.391 e. The summed E-state index contributed by atoms with van der Waals surface area (Å²) in [6, 6.07) is 8.77. The lowest BCUT2D eigenvalue weighted by atomic mass is 10.2. The van der Waals surface area contributed by atoms with Crippen LogP contribution in [-0.4, -0.2) is 36.1 Å². The van der Waals surface area contributed by atoms with E-state index >= 15 is 0 Å². The molecule has 0 spiro atoms. The third kappa shape index (κ3) is 3.92. The van der Waals surface area contributed by atoms with Gasteiger partial charge in [-0.25, -0.2) is 4.98 Å². The van der Waals surface area contributed by atoms with Crippen LogP contribution in [0, 0.1) is 0 Å². The molecular formula is C16H23N3O3S. The maximum Gasteiger partial charge on any atom is 0.281 e. The first-order valence-electron chi connectivity index (χ1n) is 7.67. The van der Waals surface area contributed by atoms with E-state index in [1.165, 1.54) is 10.5 Å². The Kier molecular flexibility index (Phi) is 5.43. The lowest BCUT2D eigenvalue weighted by Crippen LogP contribution is -2.37. The van der Waals surface area contributed by atoms with Crippen molar-refractivity contribution in [3.8, 4) is 0 Å². The van der Waals surface area contributed by atoms with Gasteiger partial charge in [-0.3, -0.25) is 4.31 Å². The van der Waals surface area contributed by atoms with Crippen molar-refractivity contribution < 1.29 is 13.5 Å². The molecule has 1 atom stereocenters. The number of benzene rings is 1. The smallest absolute Gasteiger partial charge is 0.281 e. The van der Waals surface area contributed by atoms with Crippen LogP contribution in [0.1, 0.15) is 38.9 Å². The molecule has 0 aliphatic carbocycles. The number of hydrogen-bond donors (Lipinski definition) is 2. The van der Waals surface area contributed by atoms with Crippen molar-refractivity contribution in [2.45, 2.75) is 44.2 Å². The number of aromatic amines is 1. The summed E-state index contributed by atoms with van der Waals surface area (Å²) in [5, 5.41) is 10.00. The first-order valence-corrected chi connectivity index (χ1v) is 9.11. The minimum Gasteiger partial charge on any atom is -0.391 e. The summed E-state index contributed by atoms with van der Waals surface area (Å²) in [6.45, 7) is 5.68. The molecule has 0 saturated carbocycles. The van der Waals surface area contributed by atoms with Gasteiger partial charge < -0.3 is 10.1 Å². The van der Waals surface area contributed by atoms with Crippen LogP contribution in [0.5, 0.6) is 0 Å². The maximum atomic E-state index is 13.0. The molecule has 23 heavy (non-hydrogen) atoms. The molecule has 0 amide bonds. The number of nitrogens with one attached hydrogen (secondary N) is 1. The maximum absolute atomic E-state index is 13.0. The SMILES string of the molecule is CCC(O)CN(c1ccccc1)S(=O)(=O)c1cnc(C(C)C)[nH]1. The third-order valence-electron chi connectivity index (χ3n) is 3.58. The number of anilines is 1. The molecule has 2 aromatic rings. The van der Waals surface area contributed by atoms with Gasteiger partial charge in [0.1, 0.15) is 5.82 Å². The quantitative estimate of drug-likeness (QED) is 0.813. The van der Waals surface area contributed by atoms with E-state index in [4.69, 9.17) is 0 Å². The highest BCUT2D eigenvalue weighted by molar-refractivity contribution is 7.92. The summed E-state index contributed by atoms with van der Waals surface area (Å²) in [4.78, 5) is 7.01. The normalized spacial score (nSPS) is 13.3. The Labute approximate surface area is 137 Å². The van der Waals surface area contributed by atoms with Gasteiger partial charge in [-0.15, -0.1) is 0 Å². The summed E-state index contributed by atoms with van der Waals surface area (Å²) in [6.07, 6.45) is 1.07. The third-order valence-corrected chi connectivity index (χ3v) is 5.28. The topological polar surface area (TPSA) is 86.3 Å². The highest BCUT2D eigenvalue weighted by atomic mass is 32.2. The number of aliphatic hydroxyl groups excluding tert-OH is 1. The molecule has 2 N–H and O–H groups in total. The van der Waals surface area contributed by atoms with Gasteiger partial charge >= 0.3 is 0 Å². The van der Waals surface area contributed by atoms with Crippen molar-refractivity contribution in [2.24, 2.45) is 0 Å². The molecule has 0 fully saturated rings. The second-order valence-electron chi connectivity index (χ2n) is 5.72. The summed E-state index contributed by atoms with van der Waals surface area (Å²) >= 11 is 0. The minimum atomic E-state index is -3.82. The second kappa shape index (κ2) is 7.14. The van der Waals surface area contributed by atoms with Gasteiger partial charge in [-0.2, -0.15) is 8.42 Å². The van der Waals surface area contributed by atoms with Crippen molar-refractivity contribution in [2.75, 3.05) is 10.8 Å². The Morgan fingerprint density at radius 2 is 1.91 bits per heavy atom. The van der Waals surface area contributed by atoms with E-state index in [1.807, 2.05) is 26.8 Å². The van der Waals surface area contributed by atoms with Crippen LogP contribution in [0.25, 0.3) is 0 Å². The molecule has 1 aromatic carbocycles. The predicted octanol–water partition coefficient (Wildman–Crippen LogP) is 2.50. The average molecular weight is 337 g/mol. The van der Waals surface area contributed by atoms with E-state index in [2.05, 4.69) is 9.97 Å². The molecule has 1 heterocycles. The van der Waals surface area contributed by atoms with Gasteiger partial charge in [0.25, 0.3) is 10.0 Å². The Morgan fingerprint density at radius 1 is 1.26 bits per heavy atom. The molecule has 6 nitrogen and oxygen atoms in total. The average Bonchev–Trinajstić information content (AvgIpc) is 3.04. The molecule has 0 bridgehead atoms. The van der Waals surface area contributed by atoms with Crippen LogP contribution >= 0.6 is 0 Å². The van der Waals surface area contributed by atoms with E-state index in [1.54, 1.807) is 24.3 Å². The minimum absolute atomic E-state index is 0.00111. The number of nitrogens with zero attached hydrogens (tertiary/aromatic N) is 2. The van der Waals surface area contributed by atoms with Gasteiger partial charge in [-0.1, -0.05) is 39.0 Å². The van der Waals surface area contributed by atoms with Gasteiger partial charge in [-0.05, 0) is 18.6 Å². The molecule has 1 unspecified atom stereocenters. The highest BCUT2D eigenvalue weighted by Crippen LogP contribution is 2.24. The molecule has 2 rings (SSSR count). The van der Waals surface area contributed by atoms with Crippen molar-refractivity contribution in [1.29, 1.82) is 0 Å². The molecule has 0 radical (unpaired) electrons. The fourth-order valence-electron chi connectivity index (χ4n) is 2.12. The molecule has 0 aliphatic rings. The van der Waals surface area contributed by atoms with E-state index < -0.39 is 16.1 Å². The number of H-pyrrole nitrogens is 1. The van der Waals surface area contributed by atoms with E-state index in [0.717, 1.165) is 0 Å².